The summed E-state index contributed by atoms with van der Waals surface area (Å²) in [6.45, 7) is 2.35. The Morgan fingerprint density at radius 3 is 2.84 bits per heavy atom. The summed E-state index contributed by atoms with van der Waals surface area (Å²) in [6.07, 6.45) is 1.40. The van der Waals surface area contributed by atoms with Gasteiger partial charge in [-0.3, -0.25) is 0 Å². The maximum atomic E-state index is 9.66. The molecule has 1 atom stereocenters. The molecule has 0 bridgehead atoms. The van der Waals surface area contributed by atoms with Crippen LogP contribution in [-0.4, -0.2) is 16.8 Å². The van der Waals surface area contributed by atoms with Crippen LogP contribution >= 0.6 is 0 Å². The lowest BCUT2D eigenvalue weighted by atomic mass is 10.1. The van der Waals surface area contributed by atoms with Crippen LogP contribution < -0.4 is 4.74 Å². The number of rotatable bonds is 4. The van der Waals surface area contributed by atoms with E-state index in [2.05, 4.69) is 6.07 Å². The SMILES string of the molecule is COc1ccc(Cn2cccc2C(C)O)cc1C#N. The molecule has 98 valence electrons. The molecule has 1 N–H and O–H groups in total. The summed E-state index contributed by atoms with van der Waals surface area (Å²) in [7, 11) is 1.55. The number of nitriles is 1. The number of aliphatic hydroxyl groups is 1. The molecule has 0 radical (unpaired) electrons. The molecule has 1 unspecified atom stereocenters. The molecular formula is C15H16N2O2. The topological polar surface area (TPSA) is 58.2 Å². The molecule has 0 aliphatic rings. The molecule has 0 fully saturated rings. The van der Waals surface area contributed by atoms with Crippen molar-refractivity contribution in [2.75, 3.05) is 7.11 Å². The highest BCUT2D eigenvalue weighted by Gasteiger charge is 2.08. The van der Waals surface area contributed by atoms with Crippen LogP contribution in [0.3, 0.4) is 0 Å². The molecule has 4 heteroatoms. The monoisotopic (exact) mass is 256 g/mol. The highest BCUT2D eigenvalue weighted by Crippen LogP contribution is 2.21. The van der Waals surface area contributed by atoms with E-state index >= 15 is 0 Å². The van der Waals surface area contributed by atoms with Crippen molar-refractivity contribution in [2.45, 2.75) is 19.6 Å². The minimum absolute atomic E-state index is 0.510. The number of ether oxygens (including phenoxy) is 1. The summed E-state index contributed by atoms with van der Waals surface area (Å²) >= 11 is 0. The Kier molecular flexibility index (Phi) is 3.88. The Balaban J connectivity index is 2.29. The summed E-state index contributed by atoms with van der Waals surface area (Å²) < 4.78 is 7.08. The molecule has 0 saturated heterocycles. The molecule has 0 spiro atoms. The fourth-order valence-corrected chi connectivity index (χ4v) is 2.09. The van der Waals surface area contributed by atoms with E-state index in [1.807, 2.05) is 35.0 Å². The van der Waals surface area contributed by atoms with Crippen molar-refractivity contribution in [1.29, 1.82) is 5.26 Å². The van der Waals surface area contributed by atoms with Gasteiger partial charge in [0.1, 0.15) is 11.8 Å². The second-order valence-corrected chi connectivity index (χ2v) is 4.38. The van der Waals surface area contributed by atoms with E-state index in [1.54, 1.807) is 20.1 Å². The highest BCUT2D eigenvalue weighted by molar-refractivity contribution is 5.45. The Bertz CT molecular complexity index is 609. The fraction of sp³-hybridized carbons (Fsp3) is 0.267. The summed E-state index contributed by atoms with van der Waals surface area (Å²) in [5.74, 6) is 0.578. The molecule has 1 aromatic carbocycles. The molecule has 0 aliphatic heterocycles. The summed E-state index contributed by atoms with van der Waals surface area (Å²) in [4.78, 5) is 0. The van der Waals surface area contributed by atoms with Crippen molar-refractivity contribution in [3.63, 3.8) is 0 Å². The normalized spacial score (nSPS) is 11.9. The van der Waals surface area contributed by atoms with Gasteiger partial charge >= 0.3 is 0 Å². The highest BCUT2D eigenvalue weighted by atomic mass is 16.5. The summed E-state index contributed by atoms with van der Waals surface area (Å²) in [5.41, 5.74) is 2.37. The third kappa shape index (κ3) is 2.78. The van der Waals surface area contributed by atoms with E-state index in [0.717, 1.165) is 11.3 Å². The molecular weight excluding hydrogens is 240 g/mol. The van der Waals surface area contributed by atoms with Gasteiger partial charge in [0.25, 0.3) is 0 Å². The molecule has 4 nitrogen and oxygen atoms in total. The average molecular weight is 256 g/mol. The lowest BCUT2D eigenvalue weighted by Crippen LogP contribution is -2.06. The number of aromatic nitrogens is 1. The Hall–Kier alpha value is -2.25. The van der Waals surface area contributed by atoms with E-state index in [4.69, 9.17) is 10.00 Å². The standard InChI is InChI=1S/C15H16N2O2/c1-11(18)14-4-3-7-17(14)10-12-5-6-15(19-2)13(8-12)9-16/h3-8,11,18H,10H2,1-2H3. The number of hydrogen-bond acceptors (Lipinski definition) is 3. The third-order valence-corrected chi connectivity index (χ3v) is 3.03. The van der Waals surface area contributed by atoms with Gasteiger partial charge in [-0.2, -0.15) is 5.26 Å². The first-order chi connectivity index (χ1) is 9.15. The fourth-order valence-electron chi connectivity index (χ4n) is 2.09. The van der Waals surface area contributed by atoms with Crippen LogP contribution in [0.15, 0.2) is 36.5 Å². The van der Waals surface area contributed by atoms with Crippen molar-refractivity contribution < 1.29 is 9.84 Å². The van der Waals surface area contributed by atoms with E-state index in [1.165, 1.54) is 0 Å². The van der Waals surface area contributed by atoms with Gasteiger partial charge in [0.15, 0.2) is 0 Å². The zero-order valence-electron chi connectivity index (χ0n) is 11.0. The van der Waals surface area contributed by atoms with Gasteiger partial charge in [-0.1, -0.05) is 6.07 Å². The van der Waals surface area contributed by atoms with E-state index < -0.39 is 6.10 Å². The second kappa shape index (κ2) is 5.59. The Morgan fingerprint density at radius 2 is 2.21 bits per heavy atom. The van der Waals surface area contributed by atoms with Gasteiger partial charge < -0.3 is 14.4 Å². The first-order valence-corrected chi connectivity index (χ1v) is 6.06. The van der Waals surface area contributed by atoms with Crippen LogP contribution in [0.1, 0.15) is 29.8 Å². The van der Waals surface area contributed by atoms with Gasteiger partial charge in [0.2, 0.25) is 0 Å². The zero-order chi connectivity index (χ0) is 13.8. The molecule has 0 aliphatic carbocycles. The quantitative estimate of drug-likeness (QED) is 0.914. The van der Waals surface area contributed by atoms with Crippen LogP contribution in [0, 0.1) is 11.3 Å². The van der Waals surface area contributed by atoms with Crippen molar-refractivity contribution in [3.05, 3.63) is 53.3 Å². The van der Waals surface area contributed by atoms with Gasteiger partial charge in [0.05, 0.1) is 18.8 Å². The van der Waals surface area contributed by atoms with Gasteiger partial charge in [-0.05, 0) is 36.8 Å². The average Bonchev–Trinajstić information content (AvgIpc) is 2.87. The molecule has 2 aromatic rings. The smallest absolute Gasteiger partial charge is 0.136 e. The molecule has 2 rings (SSSR count). The minimum atomic E-state index is -0.510. The number of aliphatic hydroxyl groups excluding tert-OH is 1. The summed E-state index contributed by atoms with van der Waals surface area (Å²) in [5, 5.41) is 18.7. The van der Waals surface area contributed by atoms with Gasteiger partial charge in [-0.25, -0.2) is 0 Å². The molecule has 0 saturated carbocycles. The number of hydrogen-bond donors (Lipinski definition) is 1. The van der Waals surface area contributed by atoms with Gasteiger partial charge in [0, 0.05) is 18.4 Å². The molecule has 0 amide bonds. The summed E-state index contributed by atoms with van der Waals surface area (Å²) in [6, 6.07) is 11.4. The second-order valence-electron chi connectivity index (χ2n) is 4.38. The van der Waals surface area contributed by atoms with Gasteiger partial charge in [-0.15, -0.1) is 0 Å². The zero-order valence-corrected chi connectivity index (χ0v) is 11.0. The lowest BCUT2D eigenvalue weighted by molar-refractivity contribution is 0.190. The largest absolute Gasteiger partial charge is 0.495 e. The van der Waals surface area contributed by atoms with Crippen molar-refractivity contribution >= 4 is 0 Å². The Labute approximate surface area is 112 Å². The predicted octanol–water partition coefficient (Wildman–Crippen LogP) is 2.47. The number of methoxy groups -OCH3 is 1. The first-order valence-electron chi connectivity index (χ1n) is 6.06. The van der Waals surface area contributed by atoms with E-state index in [0.29, 0.717) is 17.9 Å². The molecule has 1 heterocycles. The number of nitrogens with zero attached hydrogens (tertiary/aromatic N) is 2. The third-order valence-electron chi connectivity index (χ3n) is 3.03. The van der Waals surface area contributed by atoms with Crippen molar-refractivity contribution in [2.24, 2.45) is 0 Å². The number of benzene rings is 1. The van der Waals surface area contributed by atoms with Crippen LogP contribution in [0.4, 0.5) is 0 Å². The van der Waals surface area contributed by atoms with E-state index in [-0.39, 0.29) is 0 Å². The maximum Gasteiger partial charge on any atom is 0.136 e. The minimum Gasteiger partial charge on any atom is -0.495 e. The van der Waals surface area contributed by atoms with Crippen LogP contribution in [-0.2, 0) is 6.54 Å². The molecule has 19 heavy (non-hydrogen) atoms. The Morgan fingerprint density at radius 1 is 1.42 bits per heavy atom. The predicted molar refractivity (Wildman–Crippen MR) is 71.9 cm³/mol. The first kappa shape index (κ1) is 13.2. The lowest BCUT2D eigenvalue weighted by Gasteiger charge is -2.12. The van der Waals surface area contributed by atoms with E-state index in [9.17, 15) is 5.11 Å². The van der Waals surface area contributed by atoms with Crippen molar-refractivity contribution in [3.8, 4) is 11.8 Å². The van der Waals surface area contributed by atoms with Crippen LogP contribution in [0.25, 0.3) is 0 Å². The van der Waals surface area contributed by atoms with Crippen molar-refractivity contribution in [1.82, 2.24) is 4.57 Å². The van der Waals surface area contributed by atoms with Crippen LogP contribution in [0.2, 0.25) is 0 Å². The van der Waals surface area contributed by atoms with Crippen LogP contribution in [0.5, 0.6) is 5.75 Å². The maximum absolute atomic E-state index is 9.66. The molecule has 1 aromatic heterocycles.